The highest BCUT2D eigenvalue weighted by Gasteiger charge is 2.26. The zero-order valence-corrected chi connectivity index (χ0v) is 25.1. The van der Waals surface area contributed by atoms with Crippen LogP contribution in [0.25, 0.3) is 10.2 Å². The summed E-state index contributed by atoms with van der Waals surface area (Å²) >= 11 is 7.54. The molecule has 0 saturated heterocycles. The minimum atomic E-state index is -3.79. The topological polar surface area (TPSA) is 92.3 Å². The number of benzene rings is 2. The summed E-state index contributed by atoms with van der Waals surface area (Å²) in [7, 11) is 3.21. The van der Waals surface area contributed by atoms with E-state index in [1.165, 1.54) is 42.0 Å². The van der Waals surface area contributed by atoms with Gasteiger partial charge in [0.2, 0.25) is 10.0 Å². The average molecular weight is 606 g/mol. The molecule has 0 spiro atoms. The van der Waals surface area contributed by atoms with Gasteiger partial charge in [-0.05, 0) is 69.5 Å². The lowest BCUT2D eigenvalue weighted by Crippen LogP contribution is -2.36. The normalized spacial score (nSPS) is 11.8. The van der Waals surface area contributed by atoms with E-state index >= 15 is 0 Å². The van der Waals surface area contributed by atoms with E-state index < -0.39 is 10.0 Å². The Labute approximate surface area is 239 Å². The lowest BCUT2D eigenvalue weighted by Gasteiger charge is -2.22. The first-order chi connectivity index (χ1) is 17.7. The van der Waals surface area contributed by atoms with Crippen molar-refractivity contribution in [3.63, 3.8) is 0 Å². The van der Waals surface area contributed by atoms with Crippen molar-refractivity contribution in [3.05, 3.63) is 53.1 Å². The summed E-state index contributed by atoms with van der Waals surface area (Å²) in [6, 6.07) is 11.5. The molecule has 0 aliphatic carbocycles. The van der Waals surface area contributed by atoms with Gasteiger partial charge in [-0.3, -0.25) is 9.69 Å². The Morgan fingerprint density at radius 3 is 2.18 bits per heavy atom. The smallest absolute Gasteiger partial charge is 0.260 e. The highest BCUT2D eigenvalue weighted by Crippen LogP contribution is 2.32. The molecule has 0 atom stereocenters. The number of nitrogens with zero attached hydrogens (tertiary/aromatic N) is 4. The molecule has 13 heteroatoms. The predicted molar refractivity (Wildman–Crippen MR) is 156 cm³/mol. The van der Waals surface area contributed by atoms with E-state index in [2.05, 4.69) is 9.88 Å². The number of sulfonamides is 1. The molecule has 1 heterocycles. The second kappa shape index (κ2) is 15.1. The Balaban J connectivity index is 0.00000507. The van der Waals surface area contributed by atoms with Gasteiger partial charge in [0, 0.05) is 44.4 Å². The van der Waals surface area contributed by atoms with Crippen LogP contribution in [-0.2, 0) is 19.5 Å². The van der Waals surface area contributed by atoms with Crippen LogP contribution < -0.4 is 4.90 Å². The number of thiazole rings is 1. The first-order valence-electron chi connectivity index (χ1n) is 11.8. The van der Waals surface area contributed by atoms with Crippen LogP contribution in [0, 0.1) is 0 Å². The van der Waals surface area contributed by atoms with E-state index in [9.17, 15) is 13.2 Å². The molecule has 0 unspecified atom stereocenters. The fourth-order valence-electron chi connectivity index (χ4n) is 3.64. The lowest BCUT2D eigenvalue weighted by atomic mass is 10.2. The van der Waals surface area contributed by atoms with Gasteiger partial charge in [-0.15, -0.1) is 12.4 Å². The molecule has 0 saturated carbocycles. The van der Waals surface area contributed by atoms with Gasteiger partial charge in [0.25, 0.3) is 5.91 Å². The van der Waals surface area contributed by atoms with Gasteiger partial charge in [-0.2, -0.15) is 4.31 Å². The molecule has 1 amide bonds. The van der Waals surface area contributed by atoms with Crippen LogP contribution in [-0.4, -0.2) is 96.2 Å². The molecule has 3 aromatic rings. The van der Waals surface area contributed by atoms with Gasteiger partial charge >= 0.3 is 0 Å². The molecule has 0 N–H and O–H groups in total. The molecule has 210 valence electrons. The number of fused-ring (bicyclic) bond motifs is 1. The molecule has 9 nitrogen and oxygen atoms in total. The van der Waals surface area contributed by atoms with Gasteiger partial charge in [0.1, 0.15) is 0 Å². The van der Waals surface area contributed by atoms with Crippen LogP contribution in [0.2, 0.25) is 5.02 Å². The Morgan fingerprint density at radius 2 is 1.61 bits per heavy atom. The maximum Gasteiger partial charge on any atom is 0.260 e. The third kappa shape index (κ3) is 8.33. The summed E-state index contributed by atoms with van der Waals surface area (Å²) in [6.07, 6.45) is 0.746. The van der Waals surface area contributed by atoms with Crippen molar-refractivity contribution in [2.24, 2.45) is 0 Å². The molecule has 2 aromatic carbocycles. The fourth-order valence-corrected chi connectivity index (χ4v) is 6.32. The molecule has 3 rings (SSSR count). The third-order valence-corrected chi connectivity index (χ3v) is 8.82. The molecular weight excluding hydrogens is 571 g/mol. The maximum absolute atomic E-state index is 13.6. The number of halogens is 2. The Kier molecular flexibility index (Phi) is 12.9. The van der Waals surface area contributed by atoms with Crippen LogP contribution in [0.15, 0.2) is 47.4 Å². The summed E-state index contributed by atoms with van der Waals surface area (Å²) in [5.74, 6) is -0.247. The SMILES string of the molecule is COCCN(CCOC)S(=O)(=O)c1ccc(C(=O)N(CCCN(C)C)c2nc3ccc(Cl)cc3s2)cc1.Cl. The van der Waals surface area contributed by atoms with Crippen LogP contribution in [0.3, 0.4) is 0 Å². The van der Waals surface area contributed by atoms with Crippen molar-refractivity contribution in [1.29, 1.82) is 0 Å². The largest absolute Gasteiger partial charge is 0.383 e. The molecule has 0 aliphatic heterocycles. The molecule has 38 heavy (non-hydrogen) atoms. The van der Waals surface area contributed by atoms with E-state index in [0.717, 1.165) is 23.2 Å². The number of rotatable bonds is 14. The van der Waals surface area contributed by atoms with Crippen LogP contribution in [0.4, 0.5) is 5.13 Å². The molecule has 1 aromatic heterocycles. The summed E-state index contributed by atoms with van der Waals surface area (Å²) in [5.41, 5.74) is 1.14. The number of methoxy groups -OCH3 is 2. The third-order valence-electron chi connectivity index (χ3n) is 5.63. The predicted octanol–water partition coefficient (Wildman–Crippen LogP) is 4.25. The number of hydrogen-bond acceptors (Lipinski definition) is 8. The minimum Gasteiger partial charge on any atom is -0.383 e. The summed E-state index contributed by atoms with van der Waals surface area (Å²) < 4.78 is 38.8. The van der Waals surface area contributed by atoms with Crippen LogP contribution >= 0.6 is 35.3 Å². The van der Waals surface area contributed by atoms with E-state index in [4.69, 9.17) is 21.1 Å². The number of hydrogen-bond donors (Lipinski definition) is 0. The Morgan fingerprint density at radius 1 is 0.974 bits per heavy atom. The summed E-state index contributed by atoms with van der Waals surface area (Å²) in [5, 5.41) is 1.18. The highest BCUT2D eigenvalue weighted by atomic mass is 35.5. The van der Waals surface area contributed by atoms with Crippen molar-refractivity contribution in [2.45, 2.75) is 11.3 Å². The van der Waals surface area contributed by atoms with Crippen molar-refractivity contribution in [3.8, 4) is 0 Å². The number of ether oxygens (including phenoxy) is 2. The van der Waals surface area contributed by atoms with Crippen LogP contribution in [0.1, 0.15) is 16.8 Å². The van der Waals surface area contributed by atoms with Gasteiger partial charge in [-0.25, -0.2) is 13.4 Å². The average Bonchev–Trinajstić information content (AvgIpc) is 3.29. The Hall–Kier alpha value is -1.83. The van der Waals surface area contributed by atoms with Crippen molar-refractivity contribution < 1.29 is 22.7 Å². The molecular formula is C25H34Cl2N4O5S2. The molecule has 0 radical (unpaired) electrons. The lowest BCUT2D eigenvalue weighted by molar-refractivity contribution is 0.0986. The fraction of sp³-hybridized carbons (Fsp3) is 0.440. The van der Waals surface area contributed by atoms with E-state index in [-0.39, 0.29) is 49.5 Å². The van der Waals surface area contributed by atoms with E-state index in [1.807, 2.05) is 26.2 Å². The quantitative estimate of drug-likeness (QED) is 0.271. The number of aromatic nitrogens is 1. The van der Waals surface area contributed by atoms with E-state index in [0.29, 0.717) is 22.3 Å². The summed E-state index contributed by atoms with van der Waals surface area (Å²) in [6.45, 7) is 2.18. The number of carbonyl (C=O) groups is 1. The van der Waals surface area contributed by atoms with Crippen molar-refractivity contribution in [2.75, 3.05) is 72.6 Å². The highest BCUT2D eigenvalue weighted by molar-refractivity contribution is 7.89. The van der Waals surface area contributed by atoms with Gasteiger partial charge in [0.05, 0.1) is 28.3 Å². The molecule has 0 bridgehead atoms. The molecule has 0 aliphatic rings. The standard InChI is InChI=1S/C25H33ClN4O5S2.ClH/c1-28(2)12-5-13-30(25-27-22-11-8-20(26)18-23(22)36-25)24(31)19-6-9-21(10-7-19)37(32,33)29(14-16-34-3)15-17-35-4;/h6-11,18H,5,12-17H2,1-4H3;1H. The minimum absolute atomic E-state index is 0. The van der Waals surface area contributed by atoms with Crippen molar-refractivity contribution in [1.82, 2.24) is 14.2 Å². The Bertz CT molecular complexity index is 1280. The number of anilines is 1. The van der Waals surface area contributed by atoms with Gasteiger partial charge in [-0.1, -0.05) is 22.9 Å². The van der Waals surface area contributed by atoms with Crippen molar-refractivity contribution >= 4 is 66.6 Å². The second-order valence-corrected chi connectivity index (χ2v) is 12.0. The number of carbonyl (C=O) groups excluding carboxylic acids is 1. The van der Waals surface area contributed by atoms with E-state index in [1.54, 1.807) is 23.1 Å². The van der Waals surface area contributed by atoms with Crippen LogP contribution in [0.5, 0.6) is 0 Å². The maximum atomic E-state index is 13.6. The first kappa shape index (κ1) is 32.4. The van der Waals surface area contributed by atoms with Gasteiger partial charge in [0.15, 0.2) is 5.13 Å². The monoisotopic (exact) mass is 604 g/mol. The zero-order chi connectivity index (χ0) is 27.0. The molecule has 0 fully saturated rings. The van der Waals surface area contributed by atoms with Gasteiger partial charge < -0.3 is 14.4 Å². The first-order valence-corrected chi connectivity index (χ1v) is 14.4. The zero-order valence-electron chi connectivity index (χ0n) is 21.9. The number of amides is 1. The summed E-state index contributed by atoms with van der Waals surface area (Å²) in [4.78, 5) is 22.1. The second-order valence-electron chi connectivity index (χ2n) is 8.64.